The maximum Gasteiger partial charge on any atom is 0.274 e. The van der Waals surface area contributed by atoms with Gasteiger partial charge in [-0.15, -0.1) is 17.5 Å². The molecule has 3 aromatic rings. The Hall–Kier alpha value is -2.77. The van der Waals surface area contributed by atoms with E-state index in [1.165, 1.54) is 12.1 Å². The fraction of sp³-hybridized carbons (Fsp3) is 0.318. The van der Waals surface area contributed by atoms with Crippen molar-refractivity contribution in [2.24, 2.45) is 0 Å². The van der Waals surface area contributed by atoms with E-state index >= 15 is 0 Å². The van der Waals surface area contributed by atoms with Crippen molar-refractivity contribution >= 4 is 18.3 Å². The zero-order valence-electron chi connectivity index (χ0n) is 16.7. The Morgan fingerprint density at radius 1 is 1.10 bits per heavy atom. The second-order valence-electron chi connectivity index (χ2n) is 7.32. The summed E-state index contributed by atoms with van der Waals surface area (Å²) in [4.78, 5) is 13.1. The molecule has 1 aliphatic heterocycles. The fourth-order valence-corrected chi connectivity index (χ4v) is 3.81. The number of halogens is 2. The van der Waals surface area contributed by atoms with Crippen molar-refractivity contribution in [1.29, 1.82) is 0 Å². The van der Waals surface area contributed by atoms with Gasteiger partial charge in [-0.2, -0.15) is 0 Å². The molecular weight excluding hydrogens is 405 g/mol. The lowest BCUT2D eigenvalue weighted by Crippen LogP contribution is -2.31. The molecule has 1 aromatic heterocycles. The lowest BCUT2D eigenvalue weighted by atomic mass is 9.98. The number of piperidine rings is 1. The first-order chi connectivity index (χ1) is 14.1. The minimum atomic E-state index is -0.410. The SMILES string of the molecule is Cc1c(C(=O)NC(c2ccccc2)c2ccc(F)cc2)nnn1C1CCNCC1.Cl. The Morgan fingerprint density at radius 2 is 1.73 bits per heavy atom. The molecule has 0 saturated carbocycles. The van der Waals surface area contributed by atoms with E-state index in [9.17, 15) is 9.18 Å². The summed E-state index contributed by atoms with van der Waals surface area (Å²) < 4.78 is 15.3. The fourth-order valence-electron chi connectivity index (χ4n) is 3.81. The Balaban J connectivity index is 0.00000256. The van der Waals surface area contributed by atoms with E-state index in [-0.39, 0.29) is 30.2 Å². The van der Waals surface area contributed by atoms with E-state index in [0.717, 1.165) is 42.8 Å². The summed E-state index contributed by atoms with van der Waals surface area (Å²) in [6.07, 6.45) is 1.93. The third-order valence-electron chi connectivity index (χ3n) is 5.41. The summed E-state index contributed by atoms with van der Waals surface area (Å²) in [6, 6.07) is 15.6. The molecule has 2 aromatic carbocycles. The number of aromatic nitrogens is 3. The first kappa shape index (κ1) is 21.9. The molecule has 1 aliphatic rings. The number of carbonyl (C=O) groups is 1. The number of benzene rings is 2. The Labute approximate surface area is 181 Å². The van der Waals surface area contributed by atoms with Crippen LogP contribution in [-0.4, -0.2) is 34.0 Å². The summed E-state index contributed by atoms with van der Waals surface area (Å²) >= 11 is 0. The molecule has 30 heavy (non-hydrogen) atoms. The van der Waals surface area contributed by atoms with Gasteiger partial charge in [-0.05, 0) is 56.1 Å². The summed E-state index contributed by atoms with van der Waals surface area (Å²) in [7, 11) is 0. The van der Waals surface area contributed by atoms with E-state index in [2.05, 4.69) is 20.9 Å². The van der Waals surface area contributed by atoms with E-state index in [0.29, 0.717) is 5.69 Å². The van der Waals surface area contributed by atoms with Crippen molar-refractivity contribution in [2.75, 3.05) is 13.1 Å². The van der Waals surface area contributed by atoms with Gasteiger partial charge in [-0.3, -0.25) is 4.79 Å². The molecule has 0 aliphatic carbocycles. The Kier molecular flexibility index (Phi) is 7.18. The predicted molar refractivity (Wildman–Crippen MR) is 115 cm³/mol. The average molecular weight is 430 g/mol. The number of hydrogen-bond acceptors (Lipinski definition) is 4. The van der Waals surface area contributed by atoms with Crippen molar-refractivity contribution in [1.82, 2.24) is 25.6 Å². The number of rotatable bonds is 5. The standard InChI is InChI=1S/C22H24FN5O.ClH/c1-15-20(26-27-28(15)19-11-13-24-14-12-19)22(29)25-21(16-5-3-2-4-6-16)17-7-9-18(23)10-8-17;/h2-10,19,21,24H,11-14H2,1H3,(H,25,29);1H. The maximum absolute atomic E-state index is 13.4. The minimum absolute atomic E-state index is 0. The van der Waals surface area contributed by atoms with Gasteiger partial charge in [0.2, 0.25) is 0 Å². The predicted octanol–water partition coefficient (Wildman–Crippen LogP) is 3.59. The zero-order chi connectivity index (χ0) is 20.2. The van der Waals surface area contributed by atoms with Crippen LogP contribution in [0.1, 0.15) is 52.2 Å². The first-order valence-corrected chi connectivity index (χ1v) is 9.87. The Bertz CT molecular complexity index is 971. The maximum atomic E-state index is 13.4. The second-order valence-corrected chi connectivity index (χ2v) is 7.32. The molecule has 2 heterocycles. The van der Waals surface area contributed by atoms with Crippen LogP contribution in [0.15, 0.2) is 54.6 Å². The van der Waals surface area contributed by atoms with Crippen LogP contribution in [0.25, 0.3) is 0 Å². The second kappa shape index (κ2) is 9.82. The highest BCUT2D eigenvalue weighted by atomic mass is 35.5. The minimum Gasteiger partial charge on any atom is -0.340 e. The zero-order valence-corrected chi connectivity index (χ0v) is 17.5. The van der Waals surface area contributed by atoms with Gasteiger partial charge in [0.05, 0.1) is 17.8 Å². The first-order valence-electron chi connectivity index (χ1n) is 9.87. The van der Waals surface area contributed by atoms with Gasteiger partial charge in [0.25, 0.3) is 5.91 Å². The summed E-state index contributed by atoms with van der Waals surface area (Å²) in [5.74, 6) is -0.603. The van der Waals surface area contributed by atoms with Crippen LogP contribution in [0.5, 0.6) is 0 Å². The molecule has 0 bridgehead atoms. The van der Waals surface area contributed by atoms with Gasteiger partial charge in [0.15, 0.2) is 5.69 Å². The highest BCUT2D eigenvalue weighted by molar-refractivity contribution is 5.93. The average Bonchev–Trinajstić information content (AvgIpc) is 3.15. The number of nitrogens with one attached hydrogen (secondary N) is 2. The third kappa shape index (κ3) is 4.68. The van der Waals surface area contributed by atoms with Crippen molar-refractivity contribution in [3.63, 3.8) is 0 Å². The number of nitrogens with zero attached hydrogens (tertiary/aromatic N) is 3. The van der Waals surface area contributed by atoms with Crippen LogP contribution in [-0.2, 0) is 0 Å². The Morgan fingerprint density at radius 3 is 2.40 bits per heavy atom. The van der Waals surface area contributed by atoms with Crippen LogP contribution in [0.2, 0.25) is 0 Å². The molecular formula is C22H25ClFN5O. The third-order valence-corrected chi connectivity index (χ3v) is 5.41. The van der Waals surface area contributed by atoms with Gasteiger partial charge >= 0.3 is 0 Å². The molecule has 6 nitrogen and oxygen atoms in total. The van der Waals surface area contributed by atoms with E-state index in [1.807, 2.05) is 41.9 Å². The van der Waals surface area contributed by atoms with Gasteiger partial charge in [-0.25, -0.2) is 9.07 Å². The lowest BCUT2D eigenvalue weighted by molar-refractivity contribution is 0.0937. The molecule has 0 radical (unpaired) electrons. The van der Waals surface area contributed by atoms with Crippen LogP contribution >= 0.6 is 12.4 Å². The van der Waals surface area contributed by atoms with Gasteiger partial charge < -0.3 is 10.6 Å². The van der Waals surface area contributed by atoms with Gasteiger partial charge in [-0.1, -0.05) is 47.7 Å². The summed E-state index contributed by atoms with van der Waals surface area (Å²) in [6.45, 7) is 3.75. The van der Waals surface area contributed by atoms with E-state index in [4.69, 9.17) is 0 Å². The van der Waals surface area contributed by atoms with Crippen LogP contribution in [0, 0.1) is 12.7 Å². The highest BCUT2D eigenvalue weighted by Crippen LogP contribution is 2.24. The van der Waals surface area contributed by atoms with Gasteiger partial charge in [0, 0.05) is 0 Å². The van der Waals surface area contributed by atoms with Crippen molar-refractivity contribution in [3.8, 4) is 0 Å². The molecule has 1 atom stereocenters. The van der Waals surface area contributed by atoms with Crippen molar-refractivity contribution in [2.45, 2.75) is 31.8 Å². The topological polar surface area (TPSA) is 71.8 Å². The molecule has 8 heteroatoms. The molecule has 1 fully saturated rings. The molecule has 2 N–H and O–H groups in total. The molecule has 4 rings (SSSR count). The smallest absolute Gasteiger partial charge is 0.274 e. The molecule has 1 amide bonds. The van der Waals surface area contributed by atoms with Gasteiger partial charge in [0.1, 0.15) is 5.82 Å². The molecule has 158 valence electrons. The van der Waals surface area contributed by atoms with Crippen molar-refractivity contribution in [3.05, 3.63) is 82.9 Å². The molecule has 1 saturated heterocycles. The van der Waals surface area contributed by atoms with Crippen molar-refractivity contribution < 1.29 is 9.18 Å². The molecule has 0 spiro atoms. The van der Waals surface area contributed by atoms with E-state index < -0.39 is 6.04 Å². The summed E-state index contributed by atoms with van der Waals surface area (Å²) in [5, 5.41) is 14.8. The quantitative estimate of drug-likeness (QED) is 0.650. The number of amides is 1. The number of carbonyl (C=O) groups excluding carboxylic acids is 1. The summed E-state index contributed by atoms with van der Waals surface area (Å²) in [5.41, 5.74) is 2.80. The monoisotopic (exact) mass is 429 g/mol. The van der Waals surface area contributed by atoms with Crippen LogP contribution in [0.4, 0.5) is 4.39 Å². The number of hydrogen-bond donors (Lipinski definition) is 2. The highest BCUT2D eigenvalue weighted by Gasteiger charge is 2.25. The normalized spacial score (nSPS) is 15.3. The van der Waals surface area contributed by atoms with Crippen LogP contribution in [0.3, 0.4) is 0 Å². The van der Waals surface area contributed by atoms with Crippen LogP contribution < -0.4 is 10.6 Å². The largest absolute Gasteiger partial charge is 0.340 e. The molecule has 1 unspecified atom stereocenters. The van der Waals surface area contributed by atoms with E-state index in [1.54, 1.807) is 12.1 Å². The lowest BCUT2D eigenvalue weighted by Gasteiger charge is -2.23.